The Bertz CT molecular complexity index is 3630. The molecule has 0 spiro atoms. The van der Waals surface area contributed by atoms with Crippen molar-refractivity contribution in [1.29, 1.82) is 0 Å². The number of benzene rings is 1. The summed E-state index contributed by atoms with van der Waals surface area (Å²) >= 11 is 0. The molecule has 2 aromatic rings. The fraction of sp³-hybridized carbons (Fsp3) is 0.609. The molecule has 115 heavy (non-hydrogen) atoms. The average molecular weight is 1630 g/mol. The van der Waals surface area contributed by atoms with Gasteiger partial charge in [0.05, 0.1) is 51.8 Å². The van der Waals surface area contributed by atoms with Crippen molar-refractivity contribution >= 4 is 106 Å². The zero-order valence-electron chi connectivity index (χ0n) is 65.2. The summed E-state index contributed by atoms with van der Waals surface area (Å²) in [6.07, 6.45) is -0.193. The van der Waals surface area contributed by atoms with Gasteiger partial charge in [-0.3, -0.25) is 81.7 Å². The molecule has 2 rings (SSSR count). The van der Waals surface area contributed by atoms with Gasteiger partial charge in [0, 0.05) is 31.3 Å². The summed E-state index contributed by atoms with van der Waals surface area (Å²) in [6, 6.07) is -15.9. The van der Waals surface area contributed by atoms with Gasteiger partial charge in [0.25, 0.3) is 0 Å². The molecule has 17 atom stereocenters. The van der Waals surface area contributed by atoms with Crippen LogP contribution in [0.5, 0.6) is 0 Å². The highest BCUT2D eigenvalue weighted by Crippen LogP contribution is 2.14. The first-order valence-corrected chi connectivity index (χ1v) is 36.8. The lowest BCUT2D eigenvalue weighted by Crippen LogP contribution is -2.62. The summed E-state index contributed by atoms with van der Waals surface area (Å²) in [5, 5.41) is 95.4. The minimum absolute atomic E-state index is 0.0262. The summed E-state index contributed by atoms with van der Waals surface area (Å²) in [6.45, 7) is 6.47. The third-order valence-electron chi connectivity index (χ3n) is 17.5. The van der Waals surface area contributed by atoms with Gasteiger partial charge in [0.1, 0.15) is 90.6 Å². The number of aromatic amines is 1. The van der Waals surface area contributed by atoms with Gasteiger partial charge in [-0.2, -0.15) is 0 Å². The van der Waals surface area contributed by atoms with Crippen molar-refractivity contribution in [2.45, 2.75) is 210 Å². The van der Waals surface area contributed by atoms with E-state index in [2.05, 4.69) is 94.7 Å². The summed E-state index contributed by atoms with van der Waals surface area (Å²) < 4.78 is 0. The Morgan fingerprint density at radius 2 is 0.896 bits per heavy atom. The number of carbonyl (C=O) groups excluding carboxylic acids is 16. The number of nitrogens with two attached hydrogens (primary N) is 5. The molecule has 0 radical (unpaired) electrons. The maximum atomic E-state index is 14.3. The van der Waals surface area contributed by atoms with E-state index in [0.29, 0.717) is 12.0 Å². The van der Waals surface area contributed by atoms with Crippen LogP contribution in [-0.2, 0) is 94.3 Å². The van der Waals surface area contributed by atoms with Gasteiger partial charge >= 0.3 is 5.97 Å². The smallest absolute Gasteiger partial charge is 0.326 e. The Kier molecular flexibility index (Phi) is 44.3. The number of imidazole rings is 1. The van der Waals surface area contributed by atoms with Crippen LogP contribution < -0.4 is 108 Å². The van der Waals surface area contributed by atoms with Crippen LogP contribution in [-0.4, -0.2) is 290 Å². The number of H-pyrrole nitrogens is 1. The quantitative estimate of drug-likeness (QED) is 0.0166. The van der Waals surface area contributed by atoms with Crippen molar-refractivity contribution in [2.75, 3.05) is 46.1 Å². The van der Waals surface area contributed by atoms with E-state index in [0.717, 1.165) is 6.92 Å². The second-order valence-corrected chi connectivity index (χ2v) is 27.3. The molecule has 46 nitrogen and oxygen atoms in total. The molecule has 17 unspecified atom stereocenters. The van der Waals surface area contributed by atoms with Gasteiger partial charge in [0.2, 0.25) is 94.5 Å². The molecule has 0 saturated heterocycles. The lowest BCUT2D eigenvalue weighted by Gasteiger charge is -2.29. The van der Waals surface area contributed by atoms with E-state index in [1.54, 1.807) is 58.0 Å². The van der Waals surface area contributed by atoms with Crippen LogP contribution in [0, 0.1) is 11.8 Å². The van der Waals surface area contributed by atoms with E-state index in [-0.39, 0.29) is 69.7 Å². The monoisotopic (exact) mass is 1630 g/mol. The van der Waals surface area contributed by atoms with Gasteiger partial charge in [-0.1, -0.05) is 64.4 Å². The number of carbonyl (C=O) groups is 17. The molecule has 0 fully saturated rings. The number of carboxylic acid groups (broad SMARTS) is 1. The molecule has 0 aliphatic rings. The van der Waals surface area contributed by atoms with E-state index < -0.39 is 248 Å². The minimum atomic E-state index is -2.00. The lowest BCUT2D eigenvalue weighted by molar-refractivity contribution is -0.142. The SMILES string of the molecule is CCC(C)C(NC(=O)C(C)NC(=O)C(CO)NC(=O)C(Cc1ccccc1)NC(=O)C(C)NC(=O)C(NC(=O)C(CCCCN)NC(=O)C(C)NC(=O)C(CO)NC(=O)CNC(=O)C(N)CO)C(C)C)C(=O)NC(CCCN=C(N)N)C(=O)NC(CO)C(=O)NC(C(=O)NC(CC(N)=O)C(=O)NC(Cc1cnc[nH]1)C(=O)O)C(C)O. The number of rotatable bonds is 53. The summed E-state index contributed by atoms with van der Waals surface area (Å²) in [5.74, 6) is -20.2. The molecule has 1 heterocycles. The first kappa shape index (κ1) is 99.5. The van der Waals surface area contributed by atoms with Gasteiger partial charge in [-0.05, 0) is 83.7 Å². The molecule has 32 N–H and O–H groups in total. The number of carboxylic acids is 1. The van der Waals surface area contributed by atoms with Crippen LogP contribution in [0.15, 0.2) is 47.8 Å². The number of nitrogens with one attached hydrogen (secondary N) is 16. The van der Waals surface area contributed by atoms with E-state index in [4.69, 9.17) is 33.8 Å². The molecule has 16 amide bonds. The largest absolute Gasteiger partial charge is 0.480 e. The van der Waals surface area contributed by atoms with Crippen LogP contribution in [0.3, 0.4) is 0 Å². The highest BCUT2D eigenvalue weighted by molar-refractivity contribution is 6.01. The fourth-order valence-corrected chi connectivity index (χ4v) is 10.5. The number of aromatic nitrogens is 2. The predicted molar refractivity (Wildman–Crippen MR) is 406 cm³/mol. The van der Waals surface area contributed by atoms with Crippen LogP contribution in [0.1, 0.15) is 112 Å². The number of hydrogen-bond acceptors (Lipinski definition) is 26. The third-order valence-corrected chi connectivity index (χ3v) is 17.5. The van der Waals surface area contributed by atoms with Crippen molar-refractivity contribution in [3.8, 4) is 0 Å². The number of amides is 16. The zero-order chi connectivity index (χ0) is 86.9. The van der Waals surface area contributed by atoms with Gasteiger partial charge in [-0.25, -0.2) is 9.78 Å². The third kappa shape index (κ3) is 35.6. The van der Waals surface area contributed by atoms with Gasteiger partial charge in [0.15, 0.2) is 5.96 Å². The topological polar surface area (TPSA) is 763 Å². The van der Waals surface area contributed by atoms with E-state index in [1.807, 2.05) is 0 Å². The Balaban J connectivity index is 2.31. The van der Waals surface area contributed by atoms with Crippen LogP contribution in [0.25, 0.3) is 0 Å². The molecule has 0 aliphatic heterocycles. The Labute approximate surface area is 661 Å². The van der Waals surface area contributed by atoms with Gasteiger partial charge < -0.3 is 144 Å². The van der Waals surface area contributed by atoms with Crippen molar-refractivity contribution in [3.63, 3.8) is 0 Å². The van der Waals surface area contributed by atoms with Crippen LogP contribution in [0.4, 0.5) is 0 Å². The molecule has 46 heteroatoms. The van der Waals surface area contributed by atoms with Crippen molar-refractivity contribution in [1.82, 2.24) is 89.7 Å². The highest BCUT2D eigenvalue weighted by atomic mass is 16.4. The predicted octanol–water partition coefficient (Wildman–Crippen LogP) is -12.3. The van der Waals surface area contributed by atoms with Crippen molar-refractivity contribution < 1.29 is 112 Å². The number of aliphatic imine (C=N–C) groups is 1. The number of nitrogens with zero attached hydrogens (tertiary/aromatic N) is 2. The maximum absolute atomic E-state index is 14.3. The number of guanidine groups is 1. The van der Waals surface area contributed by atoms with E-state index >= 15 is 0 Å². The summed E-state index contributed by atoms with van der Waals surface area (Å²) in [7, 11) is 0. The fourth-order valence-electron chi connectivity index (χ4n) is 10.5. The first-order valence-electron chi connectivity index (χ1n) is 36.8. The molecular formula is C69H113N23O23. The maximum Gasteiger partial charge on any atom is 0.326 e. The van der Waals surface area contributed by atoms with E-state index in [9.17, 15) is 107 Å². The lowest BCUT2D eigenvalue weighted by atomic mass is 9.97. The number of aliphatic hydroxyl groups is 5. The minimum Gasteiger partial charge on any atom is -0.480 e. The van der Waals surface area contributed by atoms with Gasteiger partial charge in [-0.15, -0.1) is 0 Å². The Morgan fingerprint density at radius 1 is 0.470 bits per heavy atom. The van der Waals surface area contributed by atoms with Crippen LogP contribution >= 0.6 is 0 Å². The molecular weight excluding hydrogens is 1520 g/mol. The molecule has 0 saturated carbocycles. The van der Waals surface area contributed by atoms with Crippen molar-refractivity contribution in [3.05, 3.63) is 54.1 Å². The molecule has 0 aliphatic carbocycles. The molecule has 1 aromatic heterocycles. The summed E-state index contributed by atoms with van der Waals surface area (Å²) in [5.41, 5.74) is 28.2. The number of hydrogen-bond donors (Lipinski definition) is 27. The van der Waals surface area contributed by atoms with E-state index in [1.165, 1.54) is 33.3 Å². The normalized spacial score (nSPS) is 15.5. The number of aliphatic hydroxyl groups excluding tert-OH is 5. The van der Waals surface area contributed by atoms with Crippen LogP contribution in [0.2, 0.25) is 0 Å². The zero-order valence-corrected chi connectivity index (χ0v) is 65.2. The first-order chi connectivity index (χ1) is 54.2. The van der Waals surface area contributed by atoms with Crippen molar-refractivity contribution in [2.24, 2.45) is 45.5 Å². The molecule has 1 aromatic carbocycles. The molecule has 0 bridgehead atoms. The molecule has 642 valence electrons. The Hall–Kier alpha value is -11.6. The second-order valence-electron chi connectivity index (χ2n) is 27.3. The summed E-state index contributed by atoms with van der Waals surface area (Å²) in [4.78, 5) is 239. The number of aliphatic carboxylic acids is 1. The number of primary amides is 1. The number of unbranched alkanes of at least 4 members (excludes halogenated alkanes) is 1. The second kappa shape index (κ2) is 51.2. The highest BCUT2D eigenvalue weighted by Gasteiger charge is 2.39. The Morgan fingerprint density at radius 3 is 1.38 bits per heavy atom. The standard InChI is InChI=1S/C69H113N23O23/c1-9-33(4)52(66(112)84-42(19-15-21-76-69(73)74)58(104)88-48(30-96)64(110)92-53(37(8)97)67(113)86-44(24-49(72)98)61(107)87-45(68(114)115)23-39-25-75-31-78-39)91-56(102)36(7)80-63(109)47(29-95)89-60(106)43(22-38-16-11-10-12-17-38)85-55(101)35(6)81-65(111)51(32(2)3)90-59(105)41(18-13-14-20-70)83-54(100)34(5)79-62(108)46(28-94)82-50(99)26-77-57(103)40(71)27-93/h10-12,16-17,25,31-37,40-48,51-53,93-97H,9,13-15,18-24,26-30,70-71H2,1-8H3,(H2,72,98)(H,75,78)(H,77,103)(H,79,108)(H,80,109)(H,81,111)(H,82,99)(H,83,100)(H,84,112)(H,85,101)(H,86,113)(H,87,107)(H,88,104)(H,89,106)(H,90,105)(H,91,102)(H,92,110)(H,114,115)(H4,73,74,76). The average Bonchev–Trinajstić information content (AvgIpc) is 0.859.